The topological polar surface area (TPSA) is 58.6 Å². The van der Waals surface area contributed by atoms with E-state index in [1.807, 2.05) is 65.0 Å². The van der Waals surface area contributed by atoms with Crippen molar-refractivity contribution in [2.24, 2.45) is 0 Å². The van der Waals surface area contributed by atoms with E-state index >= 15 is 0 Å². The number of hydrogen-bond acceptors (Lipinski definition) is 5. The number of hydrogen-bond donors (Lipinski definition) is 1. The standard InChI is InChI=1S/C24H26N2O3S2/c1-14(2)26-23(28)20(31-24(26)30)12-18-8-6-7-9-19(18)29-13-21(27)25-22-16(4)10-15(3)11-17(22)5/h6-12,14H,13H2,1-5H3,(H,25,27)/b20-12-. The number of amides is 2. The van der Waals surface area contributed by atoms with E-state index in [1.54, 1.807) is 17.0 Å². The highest BCUT2D eigenvalue weighted by Crippen LogP contribution is 2.35. The van der Waals surface area contributed by atoms with Crippen molar-refractivity contribution in [3.8, 4) is 5.75 Å². The van der Waals surface area contributed by atoms with Gasteiger partial charge in [-0.25, -0.2) is 0 Å². The van der Waals surface area contributed by atoms with Gasteiger partial charge >= 0.3 is 0 Å². The summed E-state index contributed by atoms with van der Waals surface area (Å²) < 4.78 is 6.35. The largest absolute Gasteiger partial charge is 0.483 e. The van der Waals surface area contributed by atoms with E-state index in [-0.39, 0.29) is 24.5 Å². The molecule has 0 atom stereocenters. The summed E-state index contributed by atoms with van der Waals surface area (Å²) in [6.45, 7) is 9.70. The maximum atomic E-state index is 12.7. The molecule has 1 heterocycles. The Morgan fingerprint density at radius 1 is 1.19 bits per heavy atom. The molecule has 7 heteroatoms. The van der Waals surface area contributed by atoms with Crippen LogP contribution in [0.4, 0.5) is 5.69 Å². The maximum Gasteiger partial charge on any atom is 0.266 e. The smallest absolute Gasteiger partial charge is 0.266 e. The van der Waals surface area contributed by atoms with Crippen molar-refractivity contribution in [3.05, 3.63) is 63.6 Å². The molecule has 1 fully saturated rings. The molecule has 0 aromatic heterocycles. The molecule has 31 heavy (non-hydrogen) atoms. The third-order valence-corrected chi connectivity index (χ3v) is 6.18. The third-order valence-electron chi connectivity index (χ3n) is 4.85. The quantitative estimate of drug-likeness (QED) is 0.478. The van der Waals surface area contributed by atoms with Gasteiger partial charge in [0, 0.05) is 17.3 Å². The lowest BCUT2D eigenvalue weighted by Crippen LogP contribution is -2.34. The molecule has 0 saturated carbocycles. The van der Waals surface area contributed by atoms with Gasteiger partial charge in [0.2, 0.25) is 0 Å². The van der Waals surface area contributed by atoms with Gasteiger partial charge in [0.05, 0.1) is 4.91 Å². The van der Waals surface area contributed by atoms with E-state index in [0.29, 0.717) is 15.0 Å². The van der Waals surface area contributed by atoms with Crippen LogP contribution in [-0.4, -0.2) is 33.7 Å². The number of anilines is 1. The zero-order chi connectivity index (χ0) is 22.7. The zero-order valence-corrected chi connectivity index (χ0v) is 19.9. The SMILES string of the molecule is Cc1cc(C)c(NC(=O)COc2ccccc2/C=C2\SC(=S)N(C(C)C)C2=O)c(C)c1. The summed E-state index contributed by atoms with van der Waals surface area (Å²) in [7, 11) is 0. The Labute approximate surface area is 192 Å². The van der Waals surface area contributed by atoms with Crippen LogP contribution >= 0.6 is 24.0 Å². The van der Waals surface area contributed by atoms with Gasteiger partial charge in [-0.05, 0) is 57.9 Å². The fourth-order valence-electron chi connectivity index (χ4n) is 3.49. The average molecular weight is 455 g/mol. The highest BCUT2D eigenvalue weighted by atomic mass is 32.2. The van der Waals surface area contributed by atoms with E-state index < -0.39 is 0 Å². The molecule has 162 valence electrons. The molecule has 2 aromatic rings. The van der Waals surface area contributed by atoms with Crippen molar-refractivity contribution in [1.82, 2.24) is 4.90 Å². The van der Waals surface area contributed by atoms with E-state index in [0.717, 1.165) is 27.9 Å². The molecule has 0 bridgehead atoms. The zero-order valence-electron chi connectivity index (χ0n) is 18.3. The molecule has 0 aliphatic carbocycles. The van der Waals surface area contributed by atoms with Crippen molar-refractivity contribution in [2.45, 2.75) is 40.7 Å². The van der Waals surface area contributed by atoms with Crippen LogP contribution in [0.2, 0.25) is 0 Å². The number of rotatable bonds is 6. The number of nitrogens with one attached hydrogen (secondary N) is 1. The van der Waals surface area contributed by atoms with Crippen molar-refractivity contribution in [2.75, 3.05) is 11.9 Å². The Balaban J connectivity index is 1.73. The van der Waals surface area contributed by atoms with Crippen LogP contribution < -0.4 is 10.1 Å². The highest BCUT2D eigenvalue weighted by molar-refractivity contribution is 8.26. The van der Waals surface area contributed by atoms with Crippen LogP contribution in [-0.2, 0) is 9.59 Å². The van der Waals surface area contributed by atoms with Gasteiger partial charge in [-0.2, -0.15) is 0 Å². The summed E-state index contributed by atoms with van der Waals surface area (Å²) in [6, 6.07) is 11.4. The van der Waals surface area contributed by atoms with Crippen molar-refractivity contribution in [3.63, 3.8) is 0 Å². The molecule has 0 unspecified atom stereocenters. The molecule has 1 aliphatic heterocycles. The Hall–Kier alpha value is -2.64. The minimum absolute atomic E-state index is 0.00211. The lowest BCUT2D eigenvalue weighted by Gasteiger charge is -2.18. The molecule has 3 rings (SSSR count). The normalized spacial score (nSPS) is 15.2. The Morgan fingerprint density at radius 2 is 1.84 bits per heavy atom. The number of carbonyl (C=O) groups excluding carboxylic acids is 2. The second-order valence-electron chi connectivity index (χ2n) is 7.79. The van der Waals surface area contributed by atoms with Gasteiger partial charge in [0.1, 0.15) is 10.1 Å². The second kappa shape index (κ2) is 9.66. The first-order valence-corrected chi connectivity index (χ1v) is 11.3. The second-order valence-corrected chi connectivity index (χ2v) is 9.47. The van der Waals surface area contributed by atoms with E-state index in [4.69, 9.17) is 17.0 Å². The first-order chi connectivity index (χ1) is 14.7. The van der Waals surface area contributed by atoms with Crippen molar-refractivity contribution in [1.29, 1.82) is 0 Å². The number of nitrogens with zero attached hydrogens (tertiary/aromatic N) is 1. The molecule has 2 aromatic carbocycles. The summed E-state index contributed by atoms with van der Waals surface area (Å²) >= 11 is 6.62. The predicted molar refractivity (Wildman–Crippen MR) is 131 cm³/mol. The van der Waals surface area contributed by atoms with Gasteiger partial charge in [-0.1, -0.05) is 59.9 Å². The monoisotopic (exact) mass is 454 g/mol. The fraction of sp³-hybridized carbons (Fsp3) is 0.292. The lowest BCUT2D eigenvalue weighted by molar-refractivity contribution is -0.123. The summed E-state index contributed by atoms with van der Waals surface area (Å²) in [6.07, 6.45) is 1.77. The maximum absolute atomic E-state index is 12.7. The summed E-state index contributed by atoms with van der Waals surface area (Å²) in [4.78, 5) is 27.3. The molecule has 2 amide bonds. The van der Waals surface area contributed by atoms with Crippen LogP contribution in [0.15, 0.2) is 41.3 Å². The van der Waals surface area contributed by atoms with Crippen LogP contribution in [0, 0.1) is 20.8 Å². The Kier molecular flexibility index (Phi) is 7.18. The lowest BCUT2D eigenvalue weighted by atomic mass is 10.1. The number of benzene rings is 2. The average Bonchev–Trinajstić information content (AvgIpc) is 2.97. The molecule has 0 radical (unpaired) electrons. The van der Waals surface area contributed by atoms with Crippen LogP contribution in [0.1, 0.15) is 36.1 Å². The Bertz CT molecular complexity index is 1050. The van der Waals surface area contributed by atoms with Gasteiger partial charge in [-0.15, -0.1) is 0 Å². The molecule has 1 saturated heterocycles. The number of aryl methyl sites for hydroxylation is 3. The number of carbonyl (C=O) groups is 2. The third kappa shape index (κ3) is 5.35. The van der Waals surface area contributed by atoms with Gasteiger partial charge in [-0.3, -0.25) is 14.5 Å². The number of thiocarbonyl (C=S) groups is 1. The first kappa shape index (κ1) is 23.0. The predicted octanol–water partition coefficient (Wildman–Crippen LogP) is 5.24. The van der Waals surface area contributed by atoms with Crippen LogP contribution in [0.5, 0.6) is 5.75 Å². The minimum Gasteiger partial charge on any atom is -0.483 e. The first-order valence-electron chi connectivity index (χ1n) is 10.0. The molecule has 1 aliphatic rings. The molecular weight excluding hydrogens is 428 g/mol. The summed E-state index contributed by atoms with van der Waals surface area (Å²) in [5.74, 6) is 0.184. The molecule has 1 N–H and O–H groups in total. The van der Waals surface area contributed by atoms with Crippen LogP contribution in [0.25, 0.3) is 6.08 Å². The van der Waals surface area contributed by atoms with Crippen molar-refractivity contribution < 1.29 is 14.3 Å². The van der Waals surface area contributed by atoms with Gasteiger partial charge in [0.25, 0.3) is 11.8 Å². The number of ether oxygens (including phenoxy) is 1. The van der Waals surface area contributed by atoms with E-state index in [9.17, 15) is 9.59 Å². The Morgan fingerprint density at radius 3 is 2.45 bits per heavy atom. The number of thioether (sulfide) groups is 1. The minimum atomic E-state index is -0.240. The van der Waals surface area contributed by atoms with Crippen LogP contribution in [0.3, 0.4) is 0 Å². The summed E-state index contributed by atoms with van der Waals surface area (Å²) in [5.41, 5.74) is 4.71. The highest BCUT2D eigenvalue weighted by Gasteiger charge is 2.33. The van der Waals surface area contributed by atoms with E-state index in [1.165, 1.54) is 11.8 Å². The molecule has 0 spiro atoms. The van der Waals surface area contributed by atoms with Crippen molar-refractivity contribution >= 4 is 51.9 Å². The summed E-state index contributed by atoms with van der Waals surface area (Å²) in [5, 5.41) is 2.94. The van der Waals surface area contributed by atoms with Gasteiger partial charge in [0.15, 0.2) is 6.61 Å². The molecule has 5 nitrogen and oxygen atoms in total. The number of para-hydroxylation sites is 1. The fourth-order valence-corrected chi connectivity index (χ4v) is 5.01. The van der Waals surface area contributed by atoms with Gasteiger partial charge < -0.3 is 10.1 Å². The molecular formula is C24H26N2O3S2. The van der Waals surface area contributed by atoms with E-state index in [2.05, 4.69) is 5.32 Å².